The van der Waals surface area contributed by atoms with Crippen LogP contribution < -0.4 is 0 Å². The molecule has 2 aromatic rings. The van der Waals surface area contributed by atoms with Crippen LogP contribution in [0.3, 0.4) is 0 Å². The third-order valence-electron chi connectivity index (χ3n) is 3.06. The lowest BCUT2D eigenvalue weighted by Gasteiger charge is -2.18. The van der Waals surface area contributed by atoms with Gasteiger partial charge in [0.15, 0.2) is 0 Å². The zero-order valence-corrected chi connectivity index (χ0v) is 10.9. The monoisotopic (exact) mass is 302 g/mol. The van der Waals surface area contributed by atoms with E-state index in [1.807, 2.05) is 0 Å². The quantitative estimate of drug-likeness (QED) is 0.817. The zero-order chi connectivity index (χ0) is 15.8. The van der Waals surface area contributed by atoms with Crippen LogP contribution in [0.15, 0.2) is 36.4 Å². The number of alkyl halides is 3. The molecule has 0 aliphatic heterocycles. The van der Waals surface area contributed by atoms with Crippen LogP contribution in [0.2, 0.25) is 0 Å². The molecular formula is C15H11F5O. The number of halogens is 5. The molecule has 1 N–H and O–H groups in total. The highest BCUT2D eigenvalue weighted by molar-refractivity contribution is 5.39. The second-order valence-corrected chi connectivity index (χ2v) is 4.66. The first-order valence-electron chi connectivity index (χ1n) is 6.01. The number of aliphatic hydroxyl groups is 1. The van der Waals surface area contributed by atoms with Crippen LogP contribution in [0.25, 0.3) is 0 Å². The van der Waals surface area contributed by atoms with Crippen LogP contribution in [0, 0.1) is 18.6 Å². The van der Waals surface area contributed by atoms with Gasteiger partial charge in [-0.3, -0.25) is 0 Å². The number of hydrogen-bond donors (Lipinski definition) is 1. The maximum absolute atomic E-state index is 13.7. The van der Waals surface area contributed by atoms with Crippen molar-refractivity contribution in [3.05, 3.63) is 70.3 Å². The Balaban J connectivity index is 2.58. The van der Waals surface area contributed by atoms with Crippen LogP contribution >= 0.6 is 0 Å². The summed E-state index contributed by atoms with van der Waals surface area (Å²) in [6.07, 6.45) is -6.68. The fourth-order valence-electron chi connectivity index (χ4n) is 2.05. The van der Waals surface area contributed by atoms with Crippen molar-refractivity contribution in [2.75, 3.05) is 0 Å². The molecule has 0 spiro atoms. The van der Waals surface area contributed by atoms with E-state index in [1.54, 1.807) is 6.92 Å². The van der Waals surface area contributed by atoms with Crippen LogP contribution in [0.1, 0.15) is 28.4 Å². The van der Waals surface area contributed by atoms with Crippen molar-refractivity contribution >= 4 is 0 Å². The molecule has 1 nitrogen and oxygen atoms in total. The maximum Gasteiger partial charge on any atom is 0.416 e. The number of benzene rings is 2. The number of hydrogen-bond acceptors (Lipinski definition) is 1. The molecule has 0 heterocycles. The highest BCUT2D eigenvalue weighted by atomic mass is 19.4. The summed E-state index contributed by atoms with van der Waals surface area (Å²) in [4.78, 5) is 0. The summed E-state index contributed by atoms with van der Waals surface area (Å²) in [5.41, 5.74) is -1.61. The first kappa shape index (κ1) is 15.4. The molecule has 21 heavy (non-hydrogen) atoms. The van der Waals surface area contributed by atoms with E-state index in [2.05, 4.69) is 0 Å². The van der Waals surface area contributed by atoms with E-state index in [4.69, 9.17) is 0 Å². The van der Waals surface area contributed by atoms with Crippen LogP contribution in [-0.2, 0) is 6.18 Å². The normalized spacial score (nSPS) is 13.3. The largest absolute Gasteiger partial charge is 0.416 e. The maximum atomic E-state index is 13.7. The SMILES string of the molecule is Cc1ccc(F)c(C(O)c2ccc(F)cc2C(F)(F)F)c1. The topological polar surface area (TPSA) is 20.2 Å². The molecule has 0 aliphatic carbocycles. The van der Waals surface area contributed by atoms with Crippen molar-refractivity contribution in [2.45, 2.75) is 19.2 Å². The van der Waals surface area contributed by atoms with E-state index in [1.165, 1.54) is 12.1 Å². The average Bonchev–Trinajstić information content (AvgIpc) is 2.40. The standard InChI is InChI=1S/C15H11F5O/c1-8-2-5-13(17)11(6-8)14(21)10-4-3-9(16)7-12(10)15(18,19)20/h2-7,14,21H,1H3. The van der Waals surface area contributed by atoms with Gasteiger partial charge in [0, 0.05) is 5.56 Å². The van der Waals surface area contributed by atoms with Crippen molar-refractivity contribution in [2.24, 2.45) is 0 Å². The molecule has 1 unspecified atom stereocenters. The summed E-state index contributed by atoms with van der Waals surface area (Å²) in [5, 5.41) is 10.1. The Morgan fingerprint density at radius 1 is 0.952 bits per heavy atom. The van der Waals surface area contributed by atoms with Gasteiger partial charge in [0.2, 0.25) is 0 Å². The lowest BCUT2D eigenvalue weighted by Crippen LogP contribution is -2.14. The summed E-state index contributed by atoms with van der Waals surface area (Å²) < 4.78 is 65.5. The van der Waals surface area contributed by atoms with E-state index in [0.717, 1.165) is 18.2 Å². The number of aryl methyl sites for hydroxylation is 1. The zero-order valence-electron chi connectivity index (χ0n) is 10.9. The predicted molar refractivity (Wildman–Crippen MR) is 66.6 cm³/mol. The van der Waals surface area contributed by atoms with Gasteiger partial charge in [-0.15, -0.1) is 0 Å². The molecule has 0 aliphatic rings. The van der Waals surface area contributed by atoms with Gasteiger partial charge >= 0.3 is 6.18 Å². The van der Waals surface area contributed by atoms with Crippen molar-refractivity contribution in [3.8, 4) is 0 Å². The van der Waals surface area contributed by atoms with E-state index < -0.39 is 35.0 Å². The molecule has 0 amide bonds. The molecule has 0 saturated carbocycles. The minimum Gasteiger partial charge on any atom is -0.384 e. The minimum absolute atomic E-state index is 0.284. The second-order valence-electron chi connectivity index (χ2n) is 4.66. The fourth-order valence-corrected chi connectivity index (χ4v) is 2.05. The van der Waals surface area contributed by atoms with Crippen molar-refractivity contribution in [1.82, 2.24) is 0 Å². The molecule has 1 atom stereocenters. The average molecular weight is 302 g/mol. The smallest absolute Gasteiger partial charge is 0.384 e. The third-order valence-corrected chi connectivity index (χ3v) is 3.06. The van der Waals surface area contributed by atoms with Crippen molar-refractivity contribution in [1.29, 1.82) is 0 Å². The summed E-state index contributed by atoms with van der Waals surface area (Å²) in [5.74, 6) is -1.91. The summed E-state index contributed by atoms with van der Waals surface area (Å²) in [7, 11) is 0. The second kappa shape index (κ2) is 5.44. The Morgan fingerprint density at radius 2 is 1.62 bits per heavy atom. The summed E-state index contributed by atoms with van der Waals surface area (Å²) in [6.45, 7) is 1.62. The van der Waals surface area contributed by atoms with Gasteiger partial charge in [0.25, 0.3) is 0 Å². The highest BCUT2D eigenvalue weighted by Crippen LogP contribution is 2.37. The number of aliphatic hydroxyl groups excluding tert-OH is 1. The van der Waals surface area contributed by atoms with Gasteiger partial charge in [0.1, 0.15) is 17.7 Å². The van der Waals surface area contributed by atoms with E-state index in [0.29, 0.717) is 5.56 Å². The lowest BCUT2D eigenvalue weighted by atomic mass is 9.95. The van der Waals surface area contributed by atoms with Crippen LogP contribution in [-0.4, -0.2) is 5.11 Å². The Hall–Kier alpha value is -1.95. The molecule has 2 aromatic carbocycles. The molecule has 0 aromatic heterocycles. The number of rotatable bonds is 2. The van der Waals surface area contributed by atoms with Gasteiger partial charge in [-0.25, -0.2) is 8.78 Å². The minimum atomic E-state index is -4.85. The first-order valence-corrected chi connectivity index (χ1v) is 6.01. The molecule has 0 radical (unpaired) electrons. The molecule has 2 rings (SSSR count). The van der Waals surface area contributed by atoms with Crippen molar-refractivity contribution in [3.63, 3.8) is 0 Å². The van der Waals surface area contributed by atoms with Gasteiger partial charge in [-0.2, -0.15) is 13.2 Å². The van der Waals surface area contributed by atoms with Gasteiger partial charge in [-0.1, -0.05) is 23.8 Å². The molecule has 112 valence electrons. The summed E-state index contributed by atoms with van der Waals surface area (Å²) >= 11 is 0. The Kier molecular flexibility index (Phi) is 4.00. The third kappa shape index (κ3) is 3.21. The Bertz CT molecular complexity index is 664. The van der Waals surface area contributed by atoms with Crippen molar-refractivity contribution < 1.29 is 27.1 Å². The van der Waals surface area contributed by atoms with E-state index in [-0.39, 0.29) is 11.6 Å². The Labute approximate surface area is 117 Å². The van der Waals surface area contributed by atoms with Crippen LogP contribution in [0.5, 0.6) is 0 Å². The molecule has 0 bridgehead atoms. The van der Waals surface area contributed by atoms with E-state index >= 15 is 0 Å². The molecule has 6 heteroatoms. The first-order chi connectivity index (χ1) is 9.70. The molecule has 0 saturated heterocycles. The van der Waals surface area contributed by atoms with Crippen LogP contribution in [0.4, 0.5) is 22.0 Å². The molecular weight excluding hydrogens is 291 g/mol. The van der Waals surface area contributed by atoms with Gasteiger partial charge < -0.3 is 5.11 Å². The lowest BCUT2D eigenvalue weighted by molar-refractivity contribution is -0.139. The predicted octanol–water partition coefficient (Wildman–Crippen LogP) is 4.37. The summed E-state index contributed by atoms with van der Waals surface area (Å²) in [6, 6.07) is 5.63. The van der Waals surface area contributed by atoms with Gasteiger partial charge in [0.05, 0.1) is 5.56 Å². The Morgan fingerprint density at radius 3 is 2.24 bits per heavy atom. The highest BCUT2D eigenvalue weighted by Gasteiger charge is 2.36. The fraction of sp³-hybridized carbons (Fsp3) is 0.200. The molecule has 0 fully saturated rings. The van der Waals surface area contributed by atoms with Gasteiger partial charge in [-0.05, 0) is 30.7 Å². The van der Waals surface area contributed by atoms with E-state index in [9.17, 15) is 27.1 Å².